The third-order valence-electron chi connectivity index (χ3n) is 3.59. The van der Waals surface area contributed by atoms with Gasteiger partial charge in [-0.2, -0.15) is 0 Å². The van der Waals surface area contributed by atoms with Crippen molar-refractivity contribution in [1.29, 1.82) is 0 Å². The normalized spacial score (nSPS) is 25.7. The van der Waals surface area contributed by atoms with E-state index in [1.54, 1.807) is 23.9 Å². The zero-order valence-electron chi connectivity index (χ0n) is 10.7. The first kappa shape index (κ1) is 13.2. The fourth-order valence-corrected chi connectivity index (χ4v) is 4.01. The first-order chi connectivity index (χ1) is 9.58. The molecule has 0 aromatic carbocycles. The number of hydrogen-bond acceptors (Lipinski definition) is 5. The smallest absolute Gasteiger partial charge is 0.327 e. The maximum absolute atomic E-state index is 12.6. The van der Waals surface area contributed by atoms with E-state index in [9.17, 15) is 14.7 Å². The lowest BCUT2D eigenvalue weighted by Gasteiger charge is -2.27. The Bertz CT molecular complexity index is 544. The SMILES string of the molecule is Nc1ccc(C(=O)N2C(C(=O)O)CSC2C2CC2)nc1. The van der Waals surface area contributed by atoms with Crippen molar-refractivity contribution in [2.75, 3.05) is 11.5 Å². The van der Waals surface area contributed by atoms with Crippen LogP contribution in [0.15, 0.2) is 18.3 Å². The molecule has 1 amide bonds. The van der Waals surface area contributed by atoms with Crippen molar-refractivity contribution < 1.29 is 14.7 Å². The summed E-state index contributed by atoms with van der Waals surface area (Å²) in [7, 11) is 0. The molecule has 1 saturated carbocycles. The summed E-state index contributed by atoms with van der Waals surface area (Å²) in [6.45, 7) is 0. The van der Waals surface area contributed by atoms with Crippen molar-refractivity contribution in [3.05, 3.63) is 24.0 Å². The summed E-state index contributed by atoms with van der Waals surface area (Å²) in [4.78, 5) is 29.4. The van der Waals surface area contributed by atoms with Crippen LogP contribution in [0.25, 0.3) is 0 Å². The molecule has 0 spiro atoms. The van der Waals surface area contributed by atoms with Crippen LogP contribution in [0.3, 0.4) is 0 Å². The van der Waals surface area contributed by atoms with Crippen molar-refractivity contribution in [2.45, 2.75) is 24.3 Å². The monoisotopic (exact) mass is 293 g/mol. The second-order valence-corrected chi connectivity index (χ2v) is 6.25. The molecule has 20 heavy (non-hydrogen) atoms. The van der Waals surface area contributed by atoms with Gasteiger partial charge in [0.1, 0.15) is 11.7 Å². The first-order valence-electron chi connectivity index (χ1n) is 6.46. The van der Waals surface area contributed by atoms with Gasteiger partial charge in [-0.1, -0.05) is 0 Å². The van der Waals surface area contributed by atoms with E-state index in [2.05, 4.69) is 4.98 Å². The van der Waals surface area contributed by atoms with E-state index in [1.165, 1.54) is 11.1 Å². The number of amides is 1. The molecule has 2 aliphatic rings. The number of aromatic nitrogens is 1. The van der Waals surface area contributed by atoms with Gasteiger partial charge in [-0.25, -0.2) is 9.78 Å². The lowest BCUT2D eigenvalue weighted by molar-refractivity contribution is -0.141. The van der Waals surface area contributed by atoms with E-state index >= 15 is 0 Å². The molecule has 3 rings (SSSR count). The Balaban J connectivity index is 1.88. The Morgan fingerprint density at radius 3 is 2.70 bits per heavy atom. The summed E-state index contributed by atoms with van der Waals surface area (Å²) >= 11 is 1.56. The molecule has 2 atom stereocenters. The summed E-state index contributed by atoms with van der Waals surface area (Å²) in [5.74, 6) is -0.414. The van der Waals surface area contributed by atoms with E-state index in [0.29, 0.717) is 17.4 Å². The highest BCUT2D eigenvalue weighted by molar-refractivity contribution is 8.00. The van der Waals surface area contributed by atoms with Crippen molar-refractivity contribution in [2.24, 2.45) is 5.92 Å². The standard InChI is InChI=1S/C13H15N3O3S/c14-8-3-4-9(15-5-8)11(17)16-10(13(18)19)6-20-12(16)7-1-2-7/h3-5,7,10,12H,1-2,6,14H2,(H,18,19). The van der Waals surface area contributed by atoms with Gasteiger partial charge in [-0.15, -0.1) is 11.8 Å². The van der Waals surface area contributed by atoms with Crippen LogP contribution in [0.1, 0.15) is 23.3 Å². The van der Waals surface area contributed by atoms with Crippen molar-refractivity contribution in [1.82, 2.24) is 9.88 Å². The van der Waals surface area contributed by atoms with E-state index in [1.807, 2.05) is 0 Å². The van der Waals surface area contributed by atoms with E-state index in [4.69, 9.17) is 5.73 Å². The molecule has 1 aliphatic heterocycles. The highest BCUT2D eigenvalue weighted by atomic mass is 32.2. The quantitative estimate of drug-likeness (QED) is 0.864. The molecule has 6 nitrogen and oxygen atoms in total. The van der Waals surface area contributed by atoms with Crippen LogP contribution in [0.4, 0.5) is 5.69 Å². The number of anilines is 1. The number of carboxylic acids is 1. The molecule has 106 valence electrons. The molecule has 1 saturated heterocycles. The molecule has 1 aromatic rings. The zero-order valence-corrected chi connectivity index (χ0v) is 11.5. The number of nitrogens with two attached hydrogens (primary N) is 1. The van der Waals surface area contributed by atoms with Crippen LogP contribution < -0.4 is 5.73 Å². The van der Waals surface area contributed by atoms with E-state index in [-0.39, 0.29) is 17.0 Å². The predicted molar refractivity (Wildman–Crippen MR) is 75.2 cm³/mol. The van der Waals surface area contributed by atoms with Crippen LogP contribution >= 0.6 is 11.8 Å². The molecule has 3 N–H and O–H groups in total. The maximum Gasteiger partial charge on any atom is 0.327 e. The lowest BCUT2D eigenvalue weighted by atomic mass is 10.2. The Hall–Kier alpha value is -1.76. The number of carboxylic acid groups (broad SMARTS) is 1. The molecule has 0 radical (unpaired) electrons. The largest absolute Gasteiger partial charge is 0.480 e. The van der Waals surface area contributed by atoms with Gasteiger partial charge in [-0.3, -0.25) is 4.79 Å². The zero-order chi connectivity index (χ0) is 14.3. The molecular weight excluding hydrogens is 278 g/mol. The topological polar surface area (TPSA) is 96.5 Å². The van der Waals surface area contributed by atoms with Crippen molar-refractivity contribution in [3.8, 4) is 0 Å². The minimum absolute atomic E-state index is 0.0389. The Kier molecular flexibility index (Phi) is 3.29. The molecule has 1 aromatic heterocycles. The number of aliphatic carboxylic acids is 1. The average Bonchev–Trinajstić information content (AvgIpc) is 3.17. The van der Waals surface area contributed by atoms with Crippen LogP contribution in [0, 0.1) is 5.92 Å². The minimum atomic E-state index is -0.954. The third kappa shape index (κ3) is 2.33. The Morgan fingerprint density at radius 2 is 2.15 bits per heavy atom. The highest BCUT2D eigenvalue weighted by Gasteiger charge is 2.48. The van der Waals surface area contributed by atoms with Gasteiger partial charge >= 0.3 is 5.97 Å². The molecule has 2 unspecified atom stereocenters. The van der Waals surface area contributed by atoms with Gasteiger partial charge in [0.15, 0.2) is 0 Å². The van der Waals surface area contributed by atoms with Gasteiger partial charge < -0.3 is 15.7 Å². The van der Waals surface area contributed by atoms with Crippen LogP contribution in [0.5, 0.6) is 0 Å². The summed E-state index contributed by atoms with van der Waals surface area (Å²) < 4.78 is 0. The fourth-order valence-electron chi connectivity index (χ4n) is 2.38. The third-order valence-corrected chi connectivity index (χ3v) is 5.05. The van der Waals surface area contributed by atoms with Crippen molar-refractivity contribution in [3.63, 3.8) is 0 Å². The van der Waals surface area contributed by atoms with Gasteiger partial charge in [-0.05, 0) is 30.9 Å². The fraction of sp³-hybridized carbons (Fsp3) is 0.462. The average molecular weight is 293 g/mol. The number of nitrogens with zero attached hydrogens (tertiary/aromatic N) is 2. The number of nitrogen functional groups attached to an aromatic ring is 1. The Labute approximate surface area is 120 Å². The molecule has 1 aliphatic carbocycles. The molecule has 2 fully saturated rings. The van der Waals surface area contributed by atoms with Crippen LogP contribution in [-0.2, 0) is 4.79 Å². The molecule has 0 bridgehead atoms. The number of pyridine rings is 1. The van der Waals surface area contributed by atoms with Crippen molar-refractivity contribution >= 4 is 29.3 Å². The summed E-state index contributed by atoms with van der Waals surface area (Å²) in [6, 6.07) is 2.38. The van der Waals surface area contributed by atoms with Gasteiger partial charge in [0, 0.05) is 5.75 Å². The van der Waals surface area contributed by atoms with Crippen LogP contribution in [-0.4, -0.2) is 44.0 Å². The number of carbonyl (C=O) groups is 2. The number of rotatable bonds is 3. The van der Waals surface area contributed by atoms with E-state index < -0.39 is 12.0 Å². The molecular formula is C13H15N3O3S. The summed E-state index contributed by atoms with van der Waals surface area (Å²) in [5, 5.41) is 9.26. The Morgan fingerprint density at radius 1 is 1.40 bits per heavy atom. The molecule has 7 heteroatoms. The maximum atomic E-state index is 12.6. The highest BCUT2D eigenvalue weighted by Crippen LogP contribution is 2.45. The number of carbonyl (C=O) groups excluding carboxylic acids is 1. The van der Waals surface area contributed by atoms with Crippen LogP contribution in [0.2, 0.25) is 0 Å². The minimum Gasteiger partial charge on any atom is -0.480 e. The second-order valence-electron chi connectivity index (χ2n) is 5.10. The van der Waals surface area contributed by atoms with E-state index in [0.717, 1.165) is 12.8 Å². The lowest BCUT2D eigenvalue weighted by Crippen LogP contribution is -2.46. The number of hydrogen-bond donors (Lipinski definition) is 2. The number of thioether (sulfide) groups is 1. The summed E-state index contributed by atoms with van der Waals surface area (Å²) in [5.41, 5.74) is 6.28. The first-order valence-corrected chi connectivity index (χ1v) is 7.51. The second kappa shape index (κ2) is 4.97. The molecule has 2 heterocycles. The van der Waals surface area contributed by atoms with Gasteiger partial charge in [0.05, 0.1) is 17.3 Å². The van der Waals surface area contributed by atoms with Gasteiger partial charge in [0.25, 0.3) is 5.91 Å². The van der Waals surface area contributed by atoms with Gasteiger partial charge in [0.2, 0.25) is 0 Å². The predicted octanol–water partition coefficient (Wildman–Crippen LogP) is 1.04. The summed E-state index contributed by atoms with van der Waals surface area (Å²) in [6.07, 6.45) is 3.53.